The van der Waals surface area contributed by atoms with Gasteiger partial charge in [-0.05, 0) is 6.42 Å². The maximum absolute atomic E-state index is 11.2. The van der Waals surface area contributed by atoms with Crippen LogP contribution in [-0.2, 0) is 19.4 Å². The number of carbonyl (C=O) groups is 2. The molecule has 0 unspecified atom stereocenters. The van der Waals surface area contributed by atoms with Gasteiger partial charge in [0.15, 0.2) is 0 Å². The fourth-order valence-electron chi connectivity index (χ4n) is 1.77. The van der Waals surface area contributed by atoms with Crippen LogP contribution in [0.4, 0.5) is 0 Å². The van der Waals surface area contributed by atoms with E-state index in [9.17, 15) is 9.59 Å². The molecular formula is C15H28O4. The van der Waals surface area contributed by atoms with Crippen LogP contribution in [0.2, 0.25) is 0 Å². The summed E-state index contributed by atoms with van der Waals surface area (Å²) < 4.78 is 0. The zero-order valence-electron chi connectivity index (χ0n) is 12.4. The van der Waals surface area contributed by atoms with E-state index in [0.29, 0.717) is 6.42 Å². The van der Waals surface area contributed by atoms with Crippen LogP contribution in [-0.4, -0.2) is 11.9 Å². The van der Waals surface area contributed by atoms with Gasteiger partial charge in [-0.25, -0.2) is 19.4 Å². The van der Waals surface area contributed by atoms with Crippen molar-refractivity contribution in [2.45, 2.75) is 84.5 Å². The summed E-state index contributed by atoms with van der Waals surface area (Å²) >= 11 is 0. The lowest BCUT2D eigenvalue weighted by Gasteiger charge is -2.03. The Balaban J connectivity index is 3.21. The highest BCUT2D eigenvalue weighted by atomic mass is 17.2. The average molecular weight is 272 g/mol. The summed E-state index contributed by atoms with van der Waals surface area (Å²) in [6, 6.07) is 0. The van der Waals surface area contributed by atoms with E-state index in [4.69, 9.17) is 0 Å². The Kier molecular flexibility index (Phi) is 12.6. The van der Waals surface area contributed by atoms with Crippen molar-refractivity contribution in [3.63, 3.8) is 0 Å². The first-order valence-corrected chi connectivity index (χ1v) is 7.60. The number of carbonyl (C=O) groups excluding carboxylic acids is 2. The van der Waals surface area contributed by atoms with Crippen LogP contribution in [0.1, 0.15) is 84.5 Å². The topological polar surface area (TPSA) is 52.6 Å². The van der Waals surface area contributed by atoms with Crippen LogP contribution in [0, 0.1) is 0 Å². The van der Waals surface area contributed by atoms with E-state index >= 15 is 0 Å². The van der Waals surface area contributed by atoms with Crippen LogP contribution in [0.3, 0.4) is 0 Å². The molecule has 0 amide bonds. The van der Waals surface area contributed by atoms with Crippen molar-refractivity contribution in [3.8, 4) is 0 Å². The van der Waals surface area contributed by atoms with Crippen molar-refractivity contribution >= 4 is 11.9 Å². The number of unbranched alkanes of at least 4 members (excludes halogenated alkanes) is 8. The average Bonchev–Trinajstić information content (AvgIpc) is 2.42. The molecule has 0 radical (unpaired) electrons. The minimum atomic E-state index is -0.513. The van der Waals surface area contributed by atoms with Crippen molar-refractivity contribution in [1.82, 2.24) is 0 Å². The number of hydrogen-bond donors (Lipinski definition) is 0. The molecule has 19 heavy (non-hydrogen) atoms. The summed E-state index contributed by atoms with van der Waals surface area (Å²) in [4.78, 5) is 30.6. The molecule has 0 saturated carbocycles. The maximum atomic E-state index is 11.2. The second-order valence-electron chi connectivity index (χ2n) is 4.84. The second-order valence-corrected chi connectivity index (χ2v) is 4.84. The van der Waals surface area contributed by atoms with E-state index in [2.05, 4.69) is 16.7 Å². The predicted molar refractivity (Wildman–Crippen MR) is 74.3 cm³/mol. The Morgan fingerprint density at radius 1 is 0.684 bits per heavy atom. The molecule has 0 atom stereocenters. The summed E-state index contributed by atoms with van der Waals surface area (Å²) in [6.45, 7) is 3.87. The van der Waals surface area contributed by atoms with Gasteiger partial charge < -0.3 is 0 Å². The van der Waals surface area contributed by atoms with Gasteiger partial charge in [0.1, 0.15) is 0 Å². The monoisotopic (exact) mass is 272 g/mol. The van der Waals surface area contributed by atoms with E-state index in [1.54, 1.807) is 6.92 Å². The summed E-state index contributed by atoms with van der Waals surface area (Å²) in [6.07, 6.45) is 11.3. The Labute approximate surface area is 116 Å². The molecule has 0 fully saturated rings. The van der Waals surface area contributed by atoms with E-state index in [1.165, 1.54) is 38.5 Å². The molecule has 0 spiro atoms. The lowest BCUT2D eigenvalue weighted by molar-refractivity contribution is -0.258. The molecule has 0 aromatic heterocycles. The molecule has 0 aliphatic carbocycles. The Morgan fingerprint density at radius 3 is 1.68 bits per heavy atom. The molecule has 0 bridgehead atoms. The molecule has 0 aliphatic rings. The van der Waals surface area contributed by atoms with Gasteiger partial charge in [-0.2, -0.15) is 0 Å². The van der Waals surface area contributed by atoms with Gasteiger partial charge in [-0.15, -0.1) is 0 Å². The molecule has 0 aromatic rings. The van der Waals surface area contributed by atoms with E-state index < -0.39 is 11.9 Å². The SMILES string of the molecule is CCCCCCCCCCCC(=O)OOC(=O)CC. The van der Waals surface area contributed by atoms with Crippen molar-refractivity contribution < 1.29 is 19.4 Å². The fourth-order valence-corrected chi connectivity index (χ4v) is 1.77. The van der Waals surface area contributed by atoms with Crippen LogP contribution < -0.4 is 0 Å². The van der Waals surface area contributed by atoms with E-state index in [0.717, 1.165) is 19.3 Å². The Hall–Kier alpha value is -1.06. The van der Waals surface area contributed by atoms with Crippen LogP contribution in [0.15, 0.2) is 0 Å². The third kappa shape index (κ3) is 13.2. The Morgan fingerprint density at radius 2 is 1.16 bits per heavy atom. The molecule has 0 aromatic carbocycles. The van der Waals surface area contributed by atoms with Gasteiger partial charge in [-0.1, -0.05) is 65.2 Å². The third-order valence-corrected chi connectivity index (χ3v) is 3.00. The van der Waals surface area contributed by atoms with E-state index in [-0.39, 0.29) is 6.42 Å². The molecule has 0 heterocycles. The molecule has 0 rings (SSSR count). The summed E-state index contributed by atoms with van der Waals surface area (Å²) in [5, 5.41) is 0. The van der Waals surface area contributed by atoms with Gasteiger partial charge >= 0.3 is 11.9 Å². The van der Waals surface area contributed by atoms with Crippen LogP contribution in [0.5, 0.6) is 0 Å². The zero-order valence-corrected chi connectivity index (χ0v) is 12.4. The standard InChI is InChI=1S/C15H28O4/c1-3-5-6-7-8-9-10-11-12-13-15(17)19-18-14(16)4-2/h3-13H2,1-2H3. The highest BCUT2D eigenvalue weighted by Crippen LogP contribution is 2.10. The first-order chi connectivity index (χ1) is 9.20. The Bertz CT molecular complexity index is 238. The largest absolute Gasteiger partial charge is 0.355 e. The summed E-state index contributed by atoms with van der Waals surface area (Å²) in [5.74, 6) is -0.967. The van der Waals surface area contributed by atoms with Gasteiger partial charge in [0.25, 0.3) is 0 Å². The molecule has 0 saturated heterocycles. The lowest BCUT2D eigenvalue weighted by atomic mass is 10.1. The molecule has 0 N–H and O–H groups in total. The van der Waals surface area contributed by atoms with Gasteiger partial charge in [0, 0.05) is 6.42 Å². The second kappa shape index (κ2) is 13.4. The fraction of sp³-hybridized carbons (Fsp3) is 0.867. The first kappa shape index (κ1) is 17.9. The molecule has 112 valence electrons. The lowest BCUT2D eigenvalue weighted by Crippen LogP contribution is -2.10. The molecule has 4 nitrogen and oxygen atoms in total. The molecule has 0 aliphatic heterocycles. The number of hydrogen-bond acceptors (Lipinski definition) is 4. The normalized spacial score (nSPS) is 10.2. The van der Waals surface area contributed by atoms with E-state index in [1.807, 2.05) is 0 Å². The summed E-state index contributed by atoms with van der Waals surface area (Å²) in [7, 11) is 0. The quantitative estimate of drug-likeness (QED) is 0.319. The van der Waals surface area contributed by atoms with Crippen molar-refractivity contribution in [2.75, 3.05) is 0 Å². The first-order valence-electron chi connectivity index (χ1n) is 7.60. The van der Waals surface area contributed by atoms with Crippen LogP contribution >= 0.6 is 0 Å². The van der Waals surface area contributed by atoms with Crippen molar-refractivity contribution in [2.24, 2.45) is 0 Å². The smallest absolute Gasteiger partial charge is 0.247 e. The van der Waals surface area contributed by atoms with Gasteiger partial charge in [0.05, 0.1) is 6.42 Å². The van der Waals surface area contributed by atoms with Crippen LogP contribution in [0.25, 0.3) is 0 Å². The number of rotatable bonds is 11. The van der Waals surface area contributed by atoms with Gasteiger partial charge in [0.2, 0.25) is 0 Å². The zero-order chi connectivity index (χ0) is 14.3. The third-order valence-electron chi connectivity index (χ3n) is 3.00. The molecular weight excluding hydrogens is 244 g/mol. The minimum Gasteiger partial charge on any atom is -0.247 e. The van der Waals surface area contributed by atoms with Crippen molar-refractivity contribution in [3.05, 3.63) is 0 Å². The maximum Gasteiger partial charge on any atom is 0.355 e. The summed E-state index contributed by atoms with van der Waals surface area (Å²) in [5.41, 5.74) is 0. The predicted octanol–water partition coefficient (Wildman–Crippen LogP) is 4.32. The minimum absolute atomic E-state index is 0.214. The highest BCUT2D eigenvalue weighted by Gasteiger charge is 2.07. The highest BCUT2D eigenvalue weighted by molar-refractivity contribution is 5.72. The van der Waals surface area contributed by atoms with Gasteiger partial charge in [-0.3, -0.25) is 0 Å². The molecule has 4 heteroatoms. The van der Waals surface area contributed by atoms with Crippen molar-refractivity contribution in [1.29, 1.82) is 0 Å².